The number of anilines is 1. The number of nitrogens with zero attached hydrogens (tertiary/aromatic N) is 2. The molecule has 4 rings (SSSR count). The molecular weight excluding hydrogens is 431 g/mol. The summed E-state index contributed by atoms with van der Waals surface area (Å²) in [4.78, 5) is 0. The van der Waals surface area contributed by atoms with E-state index in [-0.39, 0.29) is 6.04 Å². The second kappa shape index (κ2) is 7.43. The largest absolute Gasteiger partial charge is 0.256 e. The topological polar surface area (TPSA) is 15.6 Å². The van der Waals surface area contributed by atoms with E-state index in [1.165, 1.54) is 5.56 Å². The van der Waals surface area contributed by atoms with Crippen LogP contribution in [0.2, 0.25) is 10.0 Å². The molecule has 5 heteroatoms. The maximum atomic E-state index is 6.07. The van der Waals surface area contributed by atoms with E-state index in [9.17, 15) is 0 Å². The first kappa shape index (κ1) is 17.6. The van der Waals surface area contributed by atoms with Crippen molar-refractivity contribution in [2.45, 2.75) is 12.5 Å². The molecule has 0 fully saturated rings. The fourth-order valence-electron chi connectivity index (χ4n) is 3.13. The molecule has 0 aliphatic carbocycles. The van der Waals surface area contributed by atoms with Gasteiger partial charge >= 0.3 is 0 Å². The van der Waals surface area contributed by atoms with Gasteiger partial charge < -0.3 is 0 Å². The minimum atomic E-state index is 0.108. The molecular formula is C21H15BrCl2N2. The molecule has 0 spiro atoms. The standard InChI is InChI=1S/C21H15BrCl2N2/c22-18-3-1-2-4-20(18)26-21(15-7-11-17(24)12-8-15)13-19(25-26)14-5-9-16(23)10-6-14/h1-12,21H,13H2/t21-/m1/s1. The summed E-state index contributed by atoms with van der Waals surface area (Å²) in [5.74, 6) is 0. The quantitative estimate of drug-likeness (QED) is 0.419. The summed E-state index contributed by atoms with van der Waals surface area (Å²) in [6, 6.07) is 24.1. The van der Waals surface area contributed by atoms with Crippen LogP contribution >= 0.6 is 39.1 Å². The average molecular weight is 446 g/mol. The Bertz CT molecular complexity index is 953. The van der Waals surface area contributed by atoms with Gasteiger partial charge in [0.1, 0.15) is 0 Å². The van der Waals surface area contributed by atoms with Crippen molar-refractivity contribution in [1.82, 2.24) is 0 Å². The summed E-state index contributed by atoms with van der Waals surface area (Å²) >= 11 is 15.8. The zero-order chi connectivity index (χ0) is 18.1. The smallest absolute Gasteiger partial charge is 0.0832 e. The van der Waals surface area contributed by atoms with Crippen LogP contribution in [0.3, 0.4) is 0 Å². The van der Waals surface area contributed by atoms with Gasteiger partial charge in [-0.15, -0.1) is 0 Å². The molecule has 0 radical (unpaired) electrons. The first-order valence-electron chi connectivity index (χ1n) is 8.24. The summed E-state index contributed by atoms with van der Waals surface area (Å²) in [5, 5.41) is 8.48. The van der Waals surface area contributed by atoms with Crippen molar-refractivity contribution in [3.63, 3.8) is 0 Å². The van der Waals surface area contributed by atoms with E-state index in [2.05, 4.69) is 39.1 Å². The zero-order valence-corrected chi connectivity index (χ0v) is 16.8. The minimum Gasteiger partial charge on any atom is -0.256 e. The highest BCUT2D eigenvalue weighted by Crippen LogP contribution is 2.40. The maximum Gasteiger partial charge on any atom is 0.0832 e. The van der Waals surface area contributed by atoms with Crippen LogP contribution in [0.15, 0.2) is 82.4 Å². The van der Waals surface area contributed by atoms with E-state index in [0.717, 1.165) is 37.9 Å². The Balaban J connectivity index is 1.77. The molecule has 2 nitrogen and oxygen atoms in total. The van der Waals surface area contributed by atoms with E-state index in [1.807, 2.05) is 54.6 Å². The molecule has 0 bridgehead atoms. The van der Waals surface area contributed by atoms with Crippen molar-refractivity contribution in [1.29, 1.82) is 0 Å². The predicted octanol–water partition coefficient (Wildman–Crippen LogP) is 7.11. The van der Waals surface area contributed by atoms with Crippen LogP contribution in [-0.2, 0) is 0 Å². The molecule has 3 aromatic carbocycles. The number of hydrazone groups is 1. The van der Waals surface area contributed by atoms with Gasteiger partial charge in [-0.25, -0.2) is 0 Å². The zero-order valence-electron chi connectivity index (χ0n) is 13.7. The fourth-order valence-corrected chi connectivity index (χ4v) is 3.85. The van der Waals surface area contributed by atoms with E-state index < -0.39 is 0 Å². The van der Waals surface area contributed by atoms with Gasteiger partial charge in [-0.2, -0.15) is 5.10 Å². The molecule has 0 amide bonds. The van der Waals surface area contributed by atoms with Gasteiger partial charge in [0.2, 0.25) is 0 Å². The highest BCUT2D eigenvalue weighted by molar-refractivity contribution is 9.10. The SMILES string of the molecule is Clc1ccc(C2=NN(c3ccccc3Br)[C@@H](c3ccc(Cl)cc3)C2)cc1. The lowest BCUT2D eigenvalue weighted by molar-refractivity contribution is 0.707. The number of hydrogen-bond acceptors (Lipinski definition) is 2. The Hall–Kier alpha value is -1.81. The molecule has 26 heavy (non-hydrogen) atoms. The summed E-state index contributed by atoms with van der Waals surface area (Å²) in [6.45, 7) is 0. The Kier molecular flexibility index (Phi) is 5.03. The predicted molar refractivity (Wildman–Crippen MR) is 113 cm³/mol. The number of hydrogen-bond donors (Lipinski definition) is 0. The summed E-state index contributed by atoms with van der Waals surface area (Å²) in [5.41, 5.74) is 4.34. The number of rotatable bonds is 3. The molecule has 130 valence electrons. The fraction of sp³-hybridized carbons (Fsp3) is 0.0952. The second-order valence-corrected chi connectivity index (χ2v) is 7.85. The van der Waals surface area contributed by atoms with Gasteiger partial charge in [-0.3, -0.25) is 5.01 Å². The molecule has 1 heterocycles. The number of benzene rings is 3. The van der Waals surface area contributed by atoms with Crippen LogP contribution in [-0.4, -0.2) is 5.71 Å². The van der Waals surface area contributed by atoms with Crippen LogP contribution < -0.4 is 5.01 Å². The maximum absolute atomic E-state index is 6.07. The van der Waals surface area contributed by atoms with Crippen molar-refractivity contribution in [3.05, 3.63) is 98.4 Å². The van der Waals surface area contributed by atoms with Crippen molar-refractivity contribution >= 4 is 50.5 Å². The summed E-state index contributed by atoms with van der Waals surface area (Å²) < 4.78 is 1.01. The molecule has 3 aromatic rings. The van der Waals surface area contributed by atoms with Crippen LogP contribution in [0.4, 0.5) is 5.69 Å². The van der Waals surface area contributed by atoms with Crippen LogP contribution in [0.25, 0.3) is 0 Å². The highest BCUT2D eigenvalue weighted by Gasteiger charge is 2.30. The van der Waals surface area contributed by atoms with Crippen LogP contribution in [0.1, 0.15) is 23.6 Å². The van der Waals surface area contributed by atoms with E-state index in [1.54, 1.807) is 0 Å². The van der Waals surface area contributed by atoms with Crippen molar-refractivity contribution in [3.8, 4) is 0 Å². The molecule has 0 N–H and O–H groups in total. The van der Waals surface area contributed by atoms with E-state index in [0.29, 0.717) is 0 Å². The van der Waals surface area contributed by atoms with Crippen molar-refractivity contribution in [2.75, 3.05) is 5.01 Å². The molecule has 0 unspecified atom stereocenters. The average Bonchev–Trinajstić information content (AvgIpc) is 3.08. The monoisotopic (exact) mass is 444 g/mol. The lowest BCUT2D eigenvalue weighted by atomic mass is 9.98. The third-order valence-corrected chi connectivity index (χ3v) is 5.62. The molecule has 0 saturated heterocycles. The third-order valence-electron chi connectivity index (χ3n) is 4.44. The first-order valence-corrected chi connectivity index (χ1v) is 9.79. The van der Waals surface area contributed by atoms with Crippen LogP contribution in [0, 0.1) is 0 Å². The molecule has 1 aliphatic rings. The molecule has 0 aromatic heterocycles. The Morgan fingerprint density at radius 3 is 2.12 bits per heavy atom. The summed E-state index contributed by atoms with van der Waals surface area (Å²) in [7, 11) is 0. The summed E-state index contributed by atoms with van der Waals surface area (Å²) in [6.07, 6.45) is 0.810. The Labute approximate surface area is 171 Å². The van der Waals surface area contributed by atoms with Gasteiger partial charge in [0.15, 0.2) is 0 Å². The minimum absolute atomic E-state index is 0.108. The van der Waals surface area contributed by atoms with Crippen molar-refractivity contribution < 1.29 is 0 Å². The Morgan fingerprint density at radius 1 is 0.846 bits per heavy atom. The van der Waals surface area contributed by atoms with Crippen molar-refractivity contribution in [2.24, 2.45) is 5.10 Å². The molecule has 1 aliphatic heterocycles. The highest BCUT2D eigenvalue weighted by atomic mass is 79.9. The number of halogens is 3. The van der Waals surface area contributed by atoms with Gasteiger partial charge in [0, 0.05) is 20.9 Å². The van der Waals surface area contributed by atoms with Gasteiger partial charge in [0.25, 0.3) is 0 Å². The normalized spacial score (nSPS) is 16.7. The van der Waals surface area contributed by atoms with Crippen LogP contribution in [0.5, 0.6) is 0 Å². The lowest BCUT2D eigenvalue weighted by Gasteiger charge is -2.25. The number of para-hydroxylation sites is 1. The molecule has 0 saturated carbocycles. The third kappa shape index (κ3) is 3.52. The van der Waals surface area contributed by atoms with Gasteiger partial charge in [-0.05, 0) is 63.5 Å². The van der Waals surface area contributed by atoms with Gasteiger partial charge in [-0.1, -0.05) is 59.6 Å². The molecule has 1 atom stereocenters. The second-order valence-electron chi connectivity index (χ2n) is 6.12. The van der Waals surface area contributed by atoms with E-state index in [4.69, 9.17) is 28.3 Å². The first-order chi connectivity index (χ1) is 12.6. The lowest BCUT2D eigenvalue weighted by Crippen LogP contribution is -2.18. The Morgan fingerprint density at radius 2 is 1.46 bits per heavy atom. The van der Waals surface area contributed by atoms with Gasteiger partial charge in [0.05, 0.1) is 17.4 Å². The van der Waals surface area contributed by atoms with E-state index >= 15 is 0 Å².